The van der Waals surface area contributed by atoms with Crippen molar-refractivity contribution in [3.8, 4) is 28.3 Å². The van der Waals surface area contributed by atoms with Gasteiger partial charge in [0.05, 0.1) is 5.02 Å². The van der Waals surface area contributed by atoms with Crippen molar-refractivity contribution in [2.24, 2.45) is 0 Å². The number of hydrogen-bond acceptors (Lipinski definition) is 4. The van der Waals surface area contributed by atoms with Gasteiger partial charge in [0.2, 0.25) is 5.89 Å². The van der Waals surface area contributed by atoms with Gasteiger partial charge in [0.25, 0.3) is 5.91 Å². The molecule has 0 saturated carbocycles. The van der Waals surface area contributed by atoms with E-state index in [1.807, 2.05) is 42.5 Å². The Bertz CT molecular complexity index is 1470. The minimum Gasteiger partial charge on any atom is -0.482 e. The van der Waals surface area contributed by atoms with Crippen LogP contribution in [0, 0.1) is 0 Å². The van der Waals surface area contributed by atoms with Crippen LogP contribution in [0.15, 0.2) is 95.4 Å². The summed E-state index contributed by atoms with van der Waals surface area (Å²) in [6.07, 6.45) is 0. The number of ether oxygens (including phenoxy) is 1. The van der Waals surface area contributed by atoms with Gasteiger partial charge in [-0.15, -0.1) is 0 Å². The molecule has 0 unspecified atom stereocenters. The van der Waals surface area contributed by atoms with Gasteiger partial charge in [0.15, 0.2) is 12.2 Å². The van der Waals surface area contributed by atoms with E-state index in [1.165, 1.54) is 0 Å². The molecule has 0 atom stereocenters. The number of hydrogen-bond donors (Lipinski definition) is 1. The summed E-state index contributed by atoms with van der Waals surface area (Å²) < 4.78 is 11.4. The molecule has 4 aromatic carbocycles. The lowest BCUT2D eigenvalue weighted by Crippen LogP contribution is -2.20. The molecule has 168 valence electrons. The fourth-order valence-electron chi connectivity index (χ4n) is 3.50. The van der Waals surface area contributed by atoms with Crippen molar-refractivity contribution >= 4 is 45.9 Å². The first-order valence-electron chi connectivity index (χ1n) is 10.5. The molecule has 0 spiro atoms. The zero-order chi connectivity index (χ0) is 23.5. The van der Waals surface area contributed by atoms with Gasteiger partial charge >= 0.3 is 0 Å². The van der Waals surface area contributed by atoms with Crippen molar-refractivity contribution in [2.75, 3.05) is 11.9 Å². The molecular formula is C27H18Cl2N2O3. The Morgan fingerprint density at radius 2 is 1.59 bits per heavy atom. The van der Waals surface area contributed by atoms with Gasteiger partial charge in [-0.3, -0.25) is 4.79 Å². The fraction of sp³-hybridized carbons (Fsp3) is 0.0370. The average Bonchev–Trinajstić information content (AvgIpc) is 3.28. The van der Waals surface area contributed by atoms with Crippen molar-refractivity contribution in [1.82, 2.24) is 4.98 Å². The maximum atomic E-state index is 12.3. The molecule has 1 amide bonds. The number of fused-ring (bicyclic) bond motifs is 1. The first-order valence-corrected chi connectivity index (χ1v) is 11.2. The molecule has 0 radical (unpaired) electrons. The van der Waals surface area contributed by atoms with E-state index in [2.05, 4.69) is 22.4 Å². The number of halogens is 2. The lowest BCUT2D eigenvalue weighted by Gasteiger charge is -2.09. The Morgan fingerprint density at radius 1 is 0.853 bits per heavy atom. The second kappa shape index (κ2) is 9.59. The van der Waals surface area contributed by atoms with E-state index in [4.69, 9.17) is 32.4 Å². The monoisotopic (exact) mass is 488 g/mol. The quantitative estimate of drug-likeness (QED) is 0.269. The highest BCUT2D eigenvalue weighted by atomic mass is 35.5. The number of rotatable bonds is 6. The normalized spacial score (nSPS) is 10.9. The molecule has 0 aliphatic carbocycles. The second-order valence-electron chi connectivity index (χ2n) is 7.56. The van der Waals surface area contributed by atoms with Crippen LogP contribution in [0.2, 0.25) is 10.0 Å². The van der Waals surface area contributed by atoms with E-state index in [-0.39, 0.29) is 12.5 Å². The van der Waals surface area contributed by atoms with Crippen molar-refractivity contribution in [1.29, 1.82) is 0 Å². The molecule has 5 nitrogen and oxygen atoms in total. The highest BCUT2D eigenvalue weighted by Crippen LogP contribution is 2.29. The summed E-state index contributed by atoms with van der Waals surface area (Å²) in [7, 11) is 0. The molecule has 1 N–H and O–H groups in total. The molecule has 1 aromatic heterocycles. The van der Waals surface area contributed by atoms with E-state index < -0.39 is 0 Å². The van der Waals surface area contributed by atoms with Gasteiger partial charge in [-0.2, -0.15) is 0 Å². The number of nitrogens with zero attached hydrogens (tertiary/aromatic N) is 1. The topological polar surface area (TPSA) is 64.4 Å². The van der Waals surface area contributed by atoms with Crippen LogP contribution in [-0.4, -0.2) is 17.5 Å². The summed E-state index contributed by atoms with van der Waals surface area (Å²) in [6, 6.07) is 28.3. The van der Waals surface area contributed by atoms with Gasteiger partial charge in [0, 0.05) is 16.3 Å². The van der Waals surface area contributed by atoms with Crippen molar-refractivity contribution in [2.45, 2.75) is 0 Å². The Labute approximate surface area is 205 Å². The predicted molar refractivity (Wildman–Crippen MR) is 135 cm³/mol. The molecule has 0 fully saturated rings. The predicted octanol–water partition coefficient (Wildman–Crippen LogP) is 7.49. The third-order valence-electron chi connectivity index (χ3n) is 5.16. The first kappa shape index (κ1) is 22.0. The number of carbonyl (C=O) groups is 1. The van der Waals surface area contributed by atoms with Gasteiger partial charge in [-0.05, 0) is 59.7 Å². The molecule has 0 aliphatic rings. The first-order chi connectivity index (χ1) is 16.5. The van der Waals surface area contributed by atoms with Crippen LogP contribution in [0.1, 0.15) is 0 Å². The van der Waals surface area contributed by atoms with Gasteiger partial charge < -0.3 is 14.5 Å². The lowest BCUT2D eigenvalue weighted by molar-refractivity contribution is -0.118. The Kier molecular flexibility index (Phi) is 6.21. The summed E-state index contributed by atoms with van der Waals surface area (Å²) in [4.78, 5) is 16.9. The lowest BCUT2D eigenvalue weighted by atomic mass is 10.0. The standard InChI is InChI=1S/C27H18Cl2N2O3/c28-20-10-12-24(22(29)14-20)33-16-26(32)30-21-11-13-25-23(15-21)31-27(34-25)19-8-6-18(7-9-19)17-4-2-1-3-5-17/h1-15H,16H2,(H,30,32). The van der Waals surface area contributed by atoms with E-state index in [1.54, 1.807) is 36.4 Å². The molecule has 5 rings (SSSR count). The molecular weight excluding hydrogens is 471 g/mol. The maximum Gasteiger partial charge on any atom is 0.262 e. The van der Waals surface area contributed by atoms with Gasteiger partial charge in [-0.1, -0.05) is 65.7 Å². The van der Waals surface area contributed by atoms with E-state index >= 15 is 0 Å². The number of oxazole rings is 1. The van der Waals surface area contributed by atoms with Gasteiger partial charge in [-0.25, -0.2) is 4.98 Å². The minimum atomic E-state index is -0.328. The largest absolute Gasteiger partial charge is 0.482 e. The summed E-state index contributed by atoms with van der Waals surface area (Å²) in [5, 5.41) is 3.63. The molecule has 0 aliphatic heterocycles. The number of amides is 1. The average molecular weight is 489 g/mol. The fourth-order valence-corrected chi connectivity index (χ4v) is 3.96. The number of nitrogens with one attached hydrogen (secondary N) is 1. The number of aromatic nitrogens is 1. The maximum absolute atomic E-state index is 12.3. The molecule has 1 heterocycles. The van der Waals surface area contributed by atoms with Crippen LogP contribution in [-0.2, 0) is 4.79 Å². The zero-order valence-corrected chi connectivity index (χ0v) is 19.3. The van der Waals surface area contributed by atoms with Crippen LogP contribution in [0.5, 0.6) is 5.75 Å². The summed E-state index contributed by atoms with van der Waals surface area (Å²) in [5.41, 5.74) is 4.99. The van der Waals surface area contributed by atoms with Gasteiger partial charge in [0.1, 0.15) is 11.3 Å². The van der Waals surface area contributed by atoms with Crippen LogP contribution in [0.25, 0.3) is 33.7 Å². The summed E-state index contributed by atoms with van der Waals surface area (Å²) in [5.74, 6) is 0.570. The van der Waals surface area contributed by atoms with E-state index in [0.29, 0.717) is 38.5 Å². The van der Waals surface area contributed by atoms with E-state index in [0.717, 1.165) is 16.7 Å². The Balaban J connectivity index is 1.27. The molecule has 7 heteroatoms. The third-order valence-corrected chi connectivity index (χ3v) is 5.69. The highest BCUT2D eigenvalue weighted by Gasteiger charge is 2.11. The minimum absolute atomic E-state index is 0.197. The SMILES string of the molecule is O=C(COc1ccc(Cl)cc1Cl)Nc1ccc2oc(-c3ccc(-c4ccccc4)cc3)nc2c1. The molecule has 34 heavy (non-hydrogen) atoms. The van der Waals surface area contributed by atoms with Crippen LogP contribution in [0.4, 0.5) is 5.69 Å². The van der Waals surface area contributed by atoms with Crippen molar-refractivity contribution in [3.63, 3.8) is 0 Å². The number of carbonyl (C=O) groups excluding carboxylic acids is 1. The molecule has 5 aromatic rings. The number of anilines is 1. The van der Waals surface area contributed by atoms with Crippen molar-refractivity contribution in [3.05, 3.63) is 101 Å². The third kappa shape index (κ3) is 4.91. The number of benzene rings is 4. The molecule has 0 bridgehead atoms. The summed E-state index contributed by atoms with van der Waals surface area (Å²) >= 11 is 11.9. The molecule has 0 saturated heterocycles. The Morgan fingerprint density at radius 3 is 2.35 bits per heavy atom. The van der Waals surface area contributed by atoms with Crippen LogP contribution < -0.4 is 10.1 Å². The smallest absolute Gasteiger partial charge is 0.262 e. The Hall–Kier alpha value is -3.80. The van der Waals surface area contributed by atoms with Crippen LogP contribution in [0.3, 0.4) is 0 Å². The highest BCUT2D eigenvalue weighted by molar-refractivity contribution is 6.35. The summed E-state index contributed by atoms with van der Waals surface area (Å²) in [6.45, 7) is -0.197. The second-order valence-corrected chi connectivity index (χ2v) is 8.40. The van der Waals surface area contributed by atoms with Crippen molar-refractivity contribution < 1.29 is 13.9 Å². The zero-order valence-electron chi connectivity index (χ0n) is 17.8. The van der Waals surface area contributed by atoms with Crippen LogP contribution >= 0.6 is 23.2 Å². The van der Waals surface area contributed by atoms with E-state index in [9.17, 15) is 4.79 Å².